The van der Waals surface area contributed by atoms with Crippen LogP contribution in [0.3, 0.4) is 0 Å². The van der Waals surface area contributed by atoms with Crippen molar-refractivity contribution >= 4 is 12.4 Å². The Morgan fingerprint density at radius 2 is 1.83 bits per heavy atom. The van der Waals surface area contributed by atoms with Crippen molar-refractivity contribution in [3.8, 4) is 5.75 Å². The summed E-state index contributed by atoms with van der Waals surface area (Å²) in [5, 5.41) is 1.71. The molecule has 0 radical (unpaired) electrons. The van der Waals surface area contributed by atoms with Gasteiger partial charge < -0.3 is 14.4 Å². The molecule has 0 aliphatic carbocycles. The molecule has 2 aromatic rings. The Labute approximate surface area is 175 Å². The van der Waals surface area contributed by atoms with Crippen molar-refractivity contribution in [3.63, 3.8) is 0 Å². The summed E-state index contributed by atoms with van der Waals surface area (Å²) in [4.78, 5) is 32.5. The predicted molar refractivity (Wildman–Crippen MR) is 110 cm³/mol. The van der Waals surface area contributed by atoms with Gasteiger partial charge in [-0.1, -0.05) is 54.6 Å². The SMILES string of the molecule is COc1ccc(C2N(Cc3ccccc3)OCC2(C=O)OC(=O)N2CC=CC2)cc1. The highest BCUT2D eigenvalue weighted by atomic mass is 16.7. The summed E-state index contributed by atoms with van der Waals surface area (Å²) in [6.45, 7) is 1.33. The van der Waals surface area contributed by atoms with Crippen LogP contribution in [0.1, 0.15) is 17.2 Å². The van der Waals surface area contributed by atoms with Crippen LogP contribution in [0.4, 0.5) is 4.79 Å². The number of carbonyl (C=O) groups excluding carboxylic acids is 2. The van der Waals surface area contributed by atoms with E-state index in [1.54, 1.807) is 12.2 Å². The third kappa shape index (κ3) is 3.94. The highest BCUT2D eigenvalue weighted by molar-refractivity contribution is 5.75. The van der Waals surface area contributed by atoms with E-state index in [1.807, 2.05) is 66.7 Å². The van der Waals surface area contributed by atoms with E-state index < -0.39 is 17.7 Å². The zero-order valence-corrected chi connectivity index (χ0v) is 16.8. The zero-order chi connectivity index (χ0) is 21.0. The van der Waals surface area contributed by atoms with E-state index in [-0.39, 0.29) is 6.61 Å². The zero-order valence-electron chi connectivity index (χ0n) is 16.8. The van der Waals surface area contributed by atoms with Gasteiger partial charge in [0.2, 0.25) is 5.60 Å². The number of hydrogen-bond donors (Lipinski definition) is 0. The van der Waals surface area contributed by atoms with E-state index >= 15 is 0 Å². The molecule has 2 heterocycles. The van der Waals surface area contributed by atoms with Crippen molar-refractivity contribution in [3.05, 3.63) is 77.9 Å². The standard InChI is InChI=1S/C23H24N2O5/c1-28-20-11-9-19(10-12-20)21-23(16-26,30-22(27)24-13-5-6-14-24)17-29-25(21)15-18-7-3-2-4-8-18/h2-12,16,21H,13-15,17H2,1H3. The normalized spacial score (nSPS) is 23.5. The summed E-state index contributed by atoms with van der Waals surface area (Å²) in [5.74, 6) is 0.698. The van der Waals surface area contributed by atoms with Gasteiger partial charge in [-0.3, -0.25) is 9.63 Å². The van der Waals surface area contributed by atoms with Gasteiger partial charge in [-0.25, -0.2) is 4.79 Å². The van der Waals surface area contributed by atoms with Crippen molar-refractivity contribution in [2.75, 3.05) is 26.8 Å². The van der Waals surface area contributed by atoms with Crippen molar-refractivity contribution in [2.45, 2.75) is 18.2 Å². The third-order valence-corrected chi connectivity index (χ3v) is 5.37. The molecule has 1 amide bonds. The van der Waals surface area contributed by atoms with Gasteiger partial charge in [0, 0.05) is 19.6 Å². The topological polar surface area (TPSA) is 68.3 Å². The molecule has 2 aliphatic rings. The molecule has 4 rings (SSSR count). The second kappa shape index (κ2) is 8.69. The average Bonchev–Trinajstić information content (AvgIpc) is 3.44. The Kier molecular flexibility index (Phi) is 5.83. The second-order valence-electron chi connectivity index (χ2n) is 7.33. The molecule has 0 aromatic heterocycles. The van der Waals surface area contributed by atoms with E-state index in [0.717, 1.165) is 11.1 Å². The molecule has 0 saturated carbocycles. The van der Waals surface area contributed by atoms with E-state index in [4.69, 9.17) is 14.3 Å². The molecule has 2 atom stereocenters. The maximum absolute atomic E-state index is 12.7. The third-order valence-electron chi connectivity index (χ3n) is 5.37. The van der Waals surface area contributed by atoms with Gasteiger partial charge in [0.25, 0.3) is 0 Å². The molecule has 1 saturated heterocycles. The fourth-order valence-electron chi connectivity index (χ4n) is 3.78. The van der Waals surface area contributed by atoms with Crippen LogP contribution >= 0.6 is 0 Å². The van der Waals surface area contributed by atoms with Gasteiger partial charge >= 0.3 is 6.09 Å². The first-order valence-electron chi connectivity index (χ1n) is 9.82. The first kappa shape index (κ1) is 20.1. The van der Waals surface area contributed by atoms with Gasteiger partial charge in [0.1, 0.15) is 18.4 Å². The molecule has 2 aliphatic heterocycles. The van der Waals surface area contributed by atoms with Crippen LogP contribution < -0.4 is 4.74 Å². The lowest BCUT2D eigenvalue weighted by Gasteiger charge is -2.32. The Morgan fingerprint density at radius 1 is 1.13 bits per heavy atom. The largest absolute Gasteiger partial charge is 0.497 e. The highest BCUT2D eigenvalue weighted by Crippen LogP contribution is 2.41. The molecule has 2 aromatic carbocycles. The van der Waals surface area contributed by atoms with Crippen molar-refractivity contribution in [2.24, 2.45) is 0 Å². The lowest BCUT2D eigenvalue weighted by molar-refractivity contribution is -0.141. The van der Waals surface area contributed by atoms with E-state index in [9.17, 15) is 9.59 Å². The van der Waals surface area contributed by atoms with Crippen LogP contribution in [0, 0.1) is 0 Å². The van der Waals surface area contributed by atoms with E-state index in [1.165, 1.54) is 4.90 Å². The summed E-state index contributed by atoms with van der Waals surface area (Å²) in [5.41, 5.74) is 0.361. The Morgan fingerprint density at radius 3 is 2.47 bits per heavy atom. The number of hydrogen-bond acceptors (Lipinski definition) is 6. The first-order valence-corrected chi connectivity index (χ1v) is 9.82. The minimum atomic E-state index is -1.46. The molecule has 1 fully saturated rings. The number of ether oxygens (including phenoxy) is 2. The summed E-state index contributed by atoms with van der Waals surface area (Å²) in [7, 11) is 1.59. The molecule has 0 spiro atoms. The maximum Gasteiger partial charge on any atom is 0.411 e. The Balaban J connectivity index is 1.65. The molecular formula is C23H24N2O5. The second-order valence-corrected chi connectivity index (χ2v) is 7.33. The minimum Gasteiger partial charge on any atom is -0.497 e. The van der Waals surface area contributed by atoms with Crippen LogP contribution in [0.15, 0.2) is 66.7 Å². The summed E-state index contributed by atoms with van der Waals surface area (Å²) in [6.07, 6.45) is 3.94. The molecule has 7 heteroatoms. The molecule has 30 heavy (non-hydrogen) atoms. The lowest BCUT2D eigenvalue weighted by atomic mass is 9.90. The first-order chi connectivity index (χ1) is 14.6. The average molecular weight is 408 g/mol. The molecule has 156 valence electrons. The number of carbonyl (C=O) groups is 2. The number of methoxy groups -OCH3 is 1. The van der Waals surface area contributed by atoms with Crippen LogP contribution in [0.25, 0.3) is 0 Å². The van der Waals surface area contributed by atoms with Gasteiger partial charge in [-0.2, -0.15) is 5.06 Å². The highest BCUT2D eigenvalue weighted by Gasteiger charge is 2.54. The number of amides is 1. The summed E-state index contributed by atoms with van der Waals surface area (Å²) in [6, 6.07) is 16.6. The van der Waals surface area contributed by atoms with Crippen LogP contribution in [0.5, 0.6) is 5.75 Å². The van der Waals surface area contributed by atoms with E-state index in [2.05, 4.69) is 0 Å². The van der Waals surface area contributed by atoms with Crippen LogP contribution in [-0.4, -0.2) is 54.7 Å². The van der Waals surface area contributed by atoms with E-state index in [0.29, 0.717) is 31.7 Å². The van der Waals surface area contributed by atoms with Crippen molar-refractivity contribution in [1.29, 1.82) is 0 Å². The number of benzene rings is 2. The predicted octanol–water partition coefficient (Wildman–Crippen LogP) is 3.13. The number of hydroxylamine groups is 2. The van der Waals surface area contributed by atoms with Crippen molar-refractivity contribution in [1.82, 2.24) is 9.96 Å². The lowest BCUT2D eigenvalue weighted by Crippen LogP contribution is -2.47. The number of rotatable bonds is 6. The van der Waals surface area contributed by atoms with Gasteiger partial charge in [-0.05, 0) is 23.3 Å². The Bertz CT molecular complexity index is 907. The van der Waals surface area contributed by atoms with Gasteiger partial charge in [0.15, 0.2) is 6.29 Å². The molecule has 0 bridgehead atoms. The minimum absolute atomic E-state index is 0.0486. The smallest absolute Gasteiger partial charge is 0.411 e. The summed E-state index contributed by atoms with van der Waals surface area (Å²) < 4.78 is 11.1. The van der Waals surface area contributed by atoms with Gasteiger partial charge in [0.05, 0.1) is 7.11 Å². The molecule has 2 unspecified atom stereocenters. The Hall–Kier alpha value is -3.16. The molecule has 0 N–H and O–H groups in total. The monoisotopic (exact) mass is 408 g/mol. The van der Waals surface area contributed by atoms with Crippen LogP contribution in [-0.2, 0) is 20.9 Å². The number of nitrogens with zero attached hydrogens (tertiary/aromatic N) is 2. The fraction of sp³-hybridized carbons (Fsp3) is 0.304. The van der Waals surface area contributed by atoms with Gasteiger partial charge in [-0.15, -0.1) is 0 Å². The number of aldehydes is 1. The fourth-order valence-corrected chi connectivity index (χ4v) is 3.78. The van der Waals surface area contributed by atoms with Crippen molar-refractivity contribution < 1.29 is 23.9 Å². The molecule has 7 nitrogen and oxygen atoms in total. The molecular weight excluding hydrogens is 384 g/mol. The van der Waals surface area contributed by atoms with Crippen LogP contribution in [0.2, 0.25) is 0 Å². The summed E-state index contributed by atoms with van der Waals surface area (Å²) >= 11 is 0. The quantitative estimate of drug-likeness (QED) is 0.540. The maximum atomic E-state index is 12.7.